The Morgan fingerprint density at radius 3 is 2.75 bits per heavy atom. The second kappa shape index (κ2) is 6.26. The zero-order chi connectivity index (χ0) is 14.5. The predicted molar refractivity (Wildman–Crippen MR) is 72.2 cm³/mol. The molecule has 2 rings (SSSR count). The highest BCUT2D eigenvalue weighted by molar-refractivity contribution is 5.75. The molecule has 0 bridgehead atoms. The van der Waals surface area contributed by atoms with Crippen molar-refractivity contribution < 1.29 is 14.6 Å². The minimum Gasteiger partial charge on any atom is -0.487 e. The second-order valence-electron chi connectivity index (χ2n) is 4.82. The van der Waals surface area contributed by atoms with E-state index in [9.17, 15) is 4.79 Å². The topological polar surface area (TPSA) is 85.6 Å². The van der Waals surface area contributed by atoms with Gasteiger partial charge < -0.3 is 20.1 Å². The maximum Gasteiger partial charge on any atom is 0.317 e. The molecule has 0 radical (unpaired) electrons. The summed E-state index contributed by atoms with van der Waals surface area (Å²) in [6.45, 7) is 2.90. The molecular formula is C14H17N3O3. The molecule has 1 fully saturated rings. The molecule has 106 valence electrons. The Morgan fingerprint density at radius 1 is 1.55 bits per heavy atom. The number of hydrogen-bond acceptors (Lipinski definition) is 4. The number of benzene rings is 1. The quantitative estimate of drug-likeness (QED) is 0.847. The van der Waals surface area contributed by atoms with Crippen molar-refractivity contribution in [3.8, 4) is 11.8 Å². The van der Waals surface area contributed by atoms with Crippen LogP contribution in [0.4, 0.5) is 4.79 Å². The molecule has 1 aromatic rings. The van der Waals surface area contributed by atoms with Gasteiger partial charge in [-0.15, -0.1) is 0 Å². The molecular weight excluding hydrogens is 258 g/mol. The van der Waals surface area contributed by atoms with Gasteiger partial charge in [0, 0.05) is 6.54 Å². The number of rotatable bonds is 4. The smallest absolute Gasteiger partial charge is 0.317 e. The number of nitrogens with one attached hydrogen (secondary N) is 1. The number of aliphatic hydroxyl groups excluding tert-OH is 1. The van der Waals surface area contributed by atoms with E-state index in [1.807, 2.05) is 6.07 Å². The van der Waals surface area contributed by atoms with Crippen LogP contribution in [0.15, 0.2) is 24.3 Å². The third-order valence-corrected chi connectivity index (χ3v) is 2.97. The van der Waals surface area contributed by atoms with Crippen molar-refractivity contribution in [2.24, 2.45) is 0 Å². The van der Waals surface area contributed by atoms with Gasteiger partial charge in [-0.1, -0.05) is 0 Å². The molecule has 0 aromatic heterocycles. The molecule has 0 aliphatic carbocycles. The van der Waals surface area contributed by atoms with E-state index in [4.69, 9.17) is 15.1 Å². The van der Waals surface area contributed by atoms with Crippen molar-refractivity contribution >= 4 is 6.03 Å². The number of ether oxygens (including phenoxy) is 1. The van der Waals surface area contributed by atoms with Gasteiger partial charge in [0.2, 0.25) is 0 Å². The lowest BCUT2D eigenvalue weighted by Gasteiger charge is -2.38. The molecule has 1 aromatic carbocycles. The molecule has 0 saturated carbocycles. The molecule has 6 heteroatoms. The lowest BCUT2D eigenvalue weighted by molar-refractivity contribution is 0.0433. The second-order valence-corrected chi connectivity index (χ2v) is 4.82. The Kier molecular flexibility index (Phi) is 4.43. The highest BCUT2D eigenvalue weighted by Crippen LogP contribution is 2.18. The third-order valence-electron chi connectivity index (χ3n) is 2.97. The normalized spacial score (nSPS) is 15.9. The number of amides is 2. The van der Waals surface area contributed by atoms with E-state index in [0.717, 1.165) is 0 Å². The van der Waals surface area contributed by atoms with Gasteiger partial charge in [-0.2, -0.15) is 5.26 Å². The zero-order valence-corrected chi connectivity index (χ0v) is 11.2. The SMILES string of the molecule is CC(O)CNC(=O)N1CC(Oc2ccc(C#N)cc2)C1. The number of aliphatic hydroxyl groups is 1. The van der Waals surface area contributed by atoms with E-state index in [-0.39, 0.29) is 18.7 Å². The van der Waals surface area contributed by atoms with Gasteiger partial charge in [0.1, 0.15) is 11.9 Å². The number of nitriles is 1. The summed E-state index contributed by atoms with van der Waals surface area (Å²) in [4.78, 5) is 13.2. The average Bonchev–Trinajstić information content (AvgIpc) is 2.40. The van der Waals surface area contributed by atoms with E-state index in [1.165, 1.54) is 0 Å². The van der Waals surface area contributed by atoms with Crippen LogP contribution in [0.3, 0.4) is 0 Å². The maximum absolute atomic E-state index is 11.6. The molecule has 1 heterocycles. The fourth-order valence-electron chi connectivity index (χ4n) is 1.83. The van der Waals surface area contributed by atoms with Gasteiger partial charge in [-0.05, 0) is 31.2 Å². The average molecular weight is 275 g/mol. The van der Waals surface area contributed by atoms with Crippen LogP contribution in [0.25, 0.3) is 0 Å². The van der Waals surface area contributed by atoms with Gasteiger partial charge in [-0.25, -0.2) is 4.79 Å². The van der Waals surface area contributed by atoms with Crippen LogP contribution in [0.5, 0.6) is 5.75 Å². The Bertz CT molecular complexity index is 501. The summed E-state index contributed by atoms with van der Waals surface area (Å²) < 4.78 is 5.68. The molecule has 6 nitrogen and oxygen atoms in total. The van der Waals surface area contributed by atoms with Gasteiger partial charge in [0.25, 0.3) is 0 Å². The molecule has 1 unspecified atom stereocenters. The third kappa shape index (κ3) is 3.62. The van der Waals surface area contributed by atoms with Crippen LogP contribution in [0.1, 0.15) is 12.5 Å². The van der Waals surface area contributed by atoms with Crippen molar-refractivity contribution in [3.63, 3.8) is 0 Å². The van der Waals surface area contributed by atoms with Crippen LogP contribution >= 0.6 is 0 Å². The van der Waals surface area contributed by atoms with Crippen molar-refractivity contribution in [2.45, 2.75) is 19.1 Å². The van der Waals surface area contributed by atoms with Crippen LogP contribution in [0.2, 0.25) is 0 Å². The van der Waals surface area contributed by atoms with Crippen LogP contribution in [-0.2, 0) is 0 Å². The highest BCUT2D eigenvalue weighted by atomic mass is 16.5. The molecule has 2 amide bonds. The molecule has 0 spiro atoms. The fourth-order valence-corrected chi connectivity index (χ4v) is 1.83. The summed E-state index contributed by atoms with van der Waals surface area (Å²) in [7, 11) is 0. The van der Waals surface area contributed by atoms with Gasteiger partial charge >= 0.3 is 6.03 Å². The minimum absolute atomic E-state index is 0.0276. The number of hydrogen-bond donors (Lipinski definition) is 2. The zero-order valence-electron chi connectivity index (χ0n) is 11.2. The van der Waals surface area contributed by atoms with Gasteiger partial charge in [0.05, 0.1) is 30.8 Å². The Labute approximate surface area is 117 Å². The molecule has 1 saturated heterocycles. The fraction of sp³-hybridized carbons (Fsp3) is 0.429. The van der Waals surface area contributed by atoms with Crippen molar-refractivity contribution in [2.75, 3.05) is 19.6 Å². The van der Waals surface area contributed by atoms with Crippen LogP contribution in [0, 0.1) is 11.3 Å². The molecule has 20 heavy (non-hydrogen) atoms. The number of urea groups is 1. The molecule has 2 N–H and O–H groups in total. The number of carbonyl (C=O) groups is 1. The van der Waals surface area contributed by atoms with E-state index < -0.39 is 6.10 Å². The van der Waals surface area contributed by atoms with E-state index >= 15 is 0 Å². The Morgan fingerprint density at radius 2 is 2.20 bits per heavy atom. The van der Waals surface area contributed by atoms with Gasteiger partial charge in [-0.3, -0.25) is 0 Å². The van der Waals surface area contributed by atoms with E-state index in [0.29, 0.717) is 24.4 Å². The van der Waals surface area contributed by atoms with E-state index in [1.54, 1.807) is 36.1 Å². The summed E-state index contributed by atoms with van der Waals surface area (Å²) in [6, 6.07) is 8.73. The standard InChI is InChI=1S/C14H17N3O3/c1-10(18)7-16-14(19)17-8-13(9-17)20-12-4-2-11(6-15)3-5-12/h2-5,10,13,18H,7-9H2,1H3,(H,16,19). The first-order valence-electron chi connectivity index (χ1n) is 6.46. The predicted octanol–water partition coefficient (Wildman–Crippen LogP) is 0.712. The summed E-state index contributed by atoms with van der Waals surface area (Å²) in [5, 5.41) is 20.4. The maximum atomic E-state index is 11.6. The van der Waals surface area contributed by atoms with Gasteiger partial charge in [0.15, 0.2) is 0 Å². The van der Waals surface area contributed by atoms with Crippen molar-refractivity contribution in [3.05, 3.63) is 29.8 Å². The number of carbonyl (C=O) groups excluding carboxylic acids is 1. The first-order chi connectivity index (χ1) is 9.58. The molecule has 1 aliphatic rings. The lowest BCUT2D eigenvalue weighted by atomic mass is 10.1. The summed E-state index contributed by atoms with van der Waals surface area (Å²) in [5.41, 5.74) is 0.588. The van der Waals surface area contributed by atoms with Crippen LogP contribution < -0.4 is 10.1 Å². The first-order valence-corrected chi connectivity index (χ1v) is 6.46. The summed E-state index contributed by atoms with van der Waals surface area (Å²) in [6.07, 6.45) is -0.578. The Hall–Kier alpha value is -2.26. The molecule has 1 atom stereocenters. The lowest BCUT2D eigenvalue weighted by Crippen LogP contribution is -2.59. The van der Waals surface area contributed by atoms with Crippen LogP contribution in [-0.4, -0.2) is 47.9 Å². The summed E-state index contributed by atoms with van der Waals surface area (Å²) in [5.74, 6) is 0.693. The highest BCUT2D eigenvalue weighted by Gasteiger charge is 2.32. The number of likely N-dealkylation sites (tertiary alicyclic amines) is 1. The molecule has 1 aliphatic heterocycles. The monoisotopic (exact) mass is 275 g/mol. The summed E-state index contributed by atoms with van der Waals surface area (Å²) >= 11 is 0. The number of nitrogens with zero attached hydrogens (tertiary/aromatic N) is 2. The largest absolute Gasteiger partial charge is 0.487 e. The van der Waals surface area contributed by atoms with Crippen molar-refractivity contribution in [1.29, 1.82) is 5.26 Å². The first kappa shape index (κ1) is 14.2. The van der Waals surface area contributed by atoms with E-state index in [2.05, 4.69) is 5.32 Å². The minimum atomic E-state index is -0.550. The Balaban J connectivity index is 1.73. The van der Waals surface area contributed by atoms with Crippen molar-refractivity contribution in [1.82, 2.24) is 10.2 Å².